The normalized spacial score (nSPS) is 16.9. The molecule has 98 heavy (non-hydrogen) atoms. The Bertz CT molecular complexity index is 1840. The van der Waals surface area contributed by atoms with Crippen LogP contribution in [0.25, 0.3) is 0 Å². The minimum absolute atomic E-state index is 0.0335. The van der Waals surface area contributed by atoms with E-state index in [1.54, 1.807) is 13.8 Å². The molecule has 1 aromatic rings. The molecule has 0 radical (unpaired) electrons. The van der Waals surface area contributed by atoms with E-state index in [-0.39, 0.29) is 53.2 Å². The van der Waals surface area contributed by atoms with Gasteiger partial charge in [-0.15, -0.1) is 0 Å². The second-order valence-electron chi connectivity index (χ2n) is 26.9. The number of hydrogen-bond donors (Lipinski definition) is 10. The van der Waals surface area contributed by atoms with Crippen molar-refractivity contribution in [1.82, 2.24) is 81.7 Å². The van der Waals surface area contributed by atoms with Crippen molar-refractivity contribution in [3.8, 4) is 0 Å². The molecular weight excluding hydrogens is 1230 g/mol. The summed E-state index contributed by atoms with van der Waals surface area (Å²) in [7, 11) is 25.3. The topological polar surface area (TPSA) is 232 Å². The van der Waals surface area contributed by atoms with E-state index in [4.69, 9.17) is 0 Å². The number of nitrogens with zero attached hydrogens (tertiary/aromatic N) is 8. The Morgan fingerprint density at radius 3 is 0.908 bits per heavy atom. The Kier molecular flexibility index (Phi) is 68.2. The average Bonchev–Trinajstić information content (AvgIpc) is 0.901. The quantitative estimate of drug-likeness (QED) is 0.0283. The van der Waals surface area contributed by atoms with Gasteiger partial charge in [0.05, 0.1) is 24.2 Å². The fraction of sp³-hybridized carbons (Fsp3) is 0.853. The van der Waals surface area contributed by atoms with Crippen molar-refractivity contribution < 1.29 is 24.0 Å². The number of benzene rings is 1. The van der Waals surface area contributed by atoms with E-state index >= 15 is 0 Å². The molecule has 3 rings (SSSR count). The maximum absolute atomic E-state index is 12.7. The molecule has 0 saturated carbocycles. The minimum Gasteiger partial charge on any atom is -0.385 e. The highest BCUT2D eigenvalue weighted by Gasteiger charge is 2.24. The summed E-state index contributed by atoms with van der Waals surface area (Å²) < 4.78 is 0. The number of rotatable bonds is 38. The molecule has 1 amide bonds. The number of likely N-dealkylation sites (N-methyl/N-ethyl adjacent to an activating group) is 11. The van der Waals surface area contributed by atoms with Gasteiger partial charge in [-0.05, 0) is 234 Å². The van der Waals surface area contributed by atoms with Crippen molar-refractivity contribution in [2.75, 3.05) is 259 Å². The lowest BCUT2D eigenvalue weighted by atomic mass is 10.0. The van der Waals surface area contributed by atoms with Crippen LogP contribution in [0.1, 0.15) is 163 Å². The smallest absolute Gasteiger partial charge is 0.237 e. The first-order chi connectivity index (χ1) is 46.9. The first-order valence-electron chi connectivity index (χ1n) is 38.2. The van der Waals surface area contributed by atoms with Gasteiger partial charge in [-0.2, -0.15) is 0 Å². The number of carbonyl (C=O) groups excluding carboxylic acids is 5. The van der Waals surface area contributed by atoms with Gasteiger partial charge in [0.2, 0.25) is 5.91 Å². The molecule has 4 unspecified atom stereocenters. The Morgan fingerprint density at radius 1 is 0.367 bits per heavy atom. The Hall–Kier alpha value is -3.63. The molecule has 23 nitrogen and oxygen atoms in total. The largest absolute Gasteiger partial charge is 0.385 e. The minimum atomic E-state index is -0.350. The zero-order valence-electron chi connectivity index (χ0n) is 67.2. The number of amides is 1. The number of unbranched alkanes of at least 4 members (excludes halogenated alkanes) is 4. The van der Waals surface area contributed by atoms with Crippen molar-refractivity contribution in [3.05, 3.63) is 23.8 Å². The summed E-state index contributed by atoms with van der Waals surface area (Å²) in [5, 5.41) is 31.5. The second-order valence-corrected chi connectivity index (χ2v) is 26.9. The van der Waals surface area contributed by atoms with E-state index in [0.717, 1.165) is 153 Å². The van der Waals surface area contributed by atoms with Gasteiger partial charge in [0.1, 0.15) is 11.6 Å². The molecule has 0 bridgehead atoms. The molecule has 2 fully saturated rings. The summed E-state index contributed by atoms with van der Waals surface area (Å²) in [6.07, 6.45) is 13.0. The Balaban J connectivity index is -0.00000113. The van der Waals surface area contributed by atoms with E-state index < -0.39 is 0 Å². The van der Waals surface area contributed by atoms with E-state index in [2.05, 4.69) is 163 Å². The van der Waals surface area contributed by atoms with Gasteiger partial charge in [0.25, 0.3) is 0 Å². The summed E-state index contributed by atoms with van der Waals surface area (Å²) in [4.78, 5) is 77.9. The average molecular weight is 1390 g/mol. The zero-order valence-corrected chi connectivity index (χ0v) is 67.2. The maximum atomic E-state index is 12.7. The van der Waals surface area contributed by atoms with Crippen LogP contribution in [-0.2, 0) is 19.2 Å². The number of ketones is 4. The molecule has 2 saturated heterocycles. The van der Waals surface area contributed by atoms with Gasteiger partial charge in [-0.1, -0.05) is 53.9 Å². The molecule has 10 N–H and O–H groups in total. The van der Waals surface area contributed by atoms with Gasteiger partial charge in [0.15, 0.2) is 11.6 Å². The van der Waals surface area contributed by atoms with Crippen molar-refractivity contribution in [3.63, 3.8) is 0 Å². The van der Waals surface area contributed by atoms with Gasteiger partial charge in [0, 0.05) is 148 Å². The fourth-order valence-electron chi connectivity index (χ4n) is 10.6. The van der Waals surface area contributed by atoms with E-state index in [0.29, 0.717) is 12.8 Å². The number of hydrogen-bond acceptors (Lipinski definition) is 22. The van der Waals surface area contributed by atoms with Crippen LogP contribution in [0.4, 0.5) is 11.4 Å². The zero-order chi connectivity index (χ0) is 74.3. The van der Waals surface area contributed by atoms with Crippen LogP contribution in [0.2, 0.25) is 0 Å². The molecule has 0 aliphatic carbocycles. The summed E-state index contributed by atoms with van der Waals surface area (Å²) >= 11 is 0. The highest BCUT2D eigenvalue weighted by molar-refractivity contribution is 5.98. The first kappa shape index (κ1) is 98.5. The molecule has 578 valence electrons. The number of nitrogens with one attached hydrogen (secondary N) is 10. The maximum Gasteiger partial charge on any atom is 0.237 e. The summed E-state index contributed by atoms with van der Waals surface area (Å²) in [5.41, 5.74) is 2.77. The lowest BCUT2D eigenvalue weighted by Gasteiger charge is -2.28. The summed E-state index contributed by atoms with van der Waals surface area (Å²) in [6, 6.07) is 5.41. The van der Waals surface area contributed by atoms with Crippen LogP contribution in [0.3, 0.4) is 0 Å². The van der Waals surface area contributed by atoms with Crippen LogP contribution in [0, 0.1) is 0 Å². The van der Waals surface area contributed by atoms with E-state index in [9.17, 15) is 24.0 Å². The SMILES string of the molecule is CCNCCCCC(NC(=O)C(CCCCNCC)NCC)C(=O)CC.CCNc1cc(NCC)cc(C(=O)CC)c1.CN1CCN(C)CCN(C)CCN(C)CC1.CN1CCN(C)CCN(C)CCN(C)CC1.CNCCCCC(NC)C(C)=O.CNCCCCC(NC)C(C)=O. The fourth-order valence-corrected chi connectivity index (χ4v) is 10.6. The van der Waals surface area contributed by atoms with Gasteiger partial charge in [-0.3, -0.25) is 24.0 Å². The summed E-state index contributed by atoms with van der Waals surface area (Å²) in [5.74, 6) is 0.751. The second kappa shape index (κ2) is 67.8. The molecule has 2 heterocycles. The van der Waals surface area contributed by atoms with Crippen LogP contribution < -0.4 is 53.2 Å². The molecule has 23 heteroatoms. The molecule has 4 atom stereocenters. The van der Waals surface area contributed by atoms with Crippen molar-refractivity contribution >= 4 is 40.4 Å². The van der Waals surface area contributed by atoms with Gasteiger partial charge in [-0.25, -0.2) is 0 Å². The van der Waals surface area contributed by atoms with Crippen molar-refractivity contribution in [2.24, 2.45) is 0 Å². The van der Waals surface area contributed by atoms with Gasteiger partial charge < -0.3 is 92.4 Å². The molecule has 0 spiro atoms. The van der Waals surface area contributed by atoms with E-state index in [1.165, 1.54) is 105 Å². The standard InChI is InChI=1S/C20H42N4O2.C13H20N2O.2C12H28N4.2C9H20N2O/c1-5-19(25)17(13-9-11-15-21-6-2)24-20(26)18(23-8-4)14-10-12-16-22-7-3;1-4-13(16)10-7-11(14-5-2)9-12(8-10)15-6-3;2*1-13-5-7-14(2)9-11-16(4)12-10-15(3)8-6-13;2*1-8(12)9(11-3)6-4-5-7-10-2/h17-18,21-23H,5-16H2,1-4H3,(H,24,26);7-9,14-15H,4-6H2,1-3H3;2*5-12H2,1-4H3;2*9-11H,4-7H2,1-3H3. The molecule has 0 aromatic heterocycles. The monoisotopic (exact) mass is 1390 g/mol. The number of anilines is 2. The highest BCUT2D eigenvalue weighted by atomic mass is 16.2. The highest BCUT2D eigenvalue weighted by Crippen LogP contribution is 2.20. The lowest BCUT2D eigenvalue weighted by molar-refractivity contribution is -0.129. The number of Topliss-reactive ketones (excluding diaryl/α,β-unsaturated/α-hetero) is 4. The molecule has 2 aliphatic rings. The van der Waals surface area contributed by atoms with Gasteiger partial charge >= 0.3 is 0 Å². The third-order valence-electron chi connectivity index (χ3n) is 17.8. The Labute approximate surface area is 602 Å². The first-order valence-corrected chi connectivity index (χ1v) is 38.2. The van der Waals surface area contributed by atoms with Crippen molar-refractivity contribution in [2.45, 2.75) is 176 Å². The van der Waals surface area contributed by atoms with Crippen molar-refractivity contribution in [1.29, 1.82) is 0 Å². The Morgan fingerprint density at radius 2 is 0.663 bits per heavy atom. The summed E-state index contributed by atoms with van der Waals surface area (Å²) in [6.45, 7) is 44.5. The van der Waals surface area contributed by atoms with E-state index in [1.807, 2.05) is 81.0 Å². The van der Waals surface area contributed by atoms with Crippen LogP contribution in [0.5, 0.6) is 0 Å². The van der Waals surface area contributed by atoms with Crippen LogP contribution in [-0.4, -0.2) is 341 Å². The predicted octanol–water partition coefficient (Wildman–Crippen LogP) is 5.69. The third-order valence-corrected chi connectivity index (χ3v) is 17.8. The predicted molar refractivity (Wildman–Crippen MR) is 421 cm³/mol. The molecule has 1 aromatic carbocycles. The lowest BCUT2D eigenvalue weighted by Crippen LogP contribution is -2.50. The molecule has 2 aliphatic heterocycles. The molecular formula is C75H158N18O5. The third kappa shape index (κ3) is 57.9. The number of carbonyl (C=O) groups is 5. The van der Waals surface area contributed by atoms with Crippen LogP contribution in [0.15, 0.2) is 18.2 Å². The van der Waals surface area contributed by atoms with Crippen LogP contribution >= 0.6 is 0 Å².